The highest BCUT2D eigenvalue weighted by Gasteiger charge is 2.49. The Labute approximate surface area is 342 Å². The van der Waals surface area contributed by atoms with Gasteiger partial charge in [0.1, 0.15) is 0 Å². The molecular weight excluding hydrogens is 699 g/mol. The number of rotatable bonds is 6. The molecule has 0 heterocycles. The highest BCUT2D eigenvalue weighted by molar-refractivity contribution is 5.94. The molecule has 0 radical (unpaired) electrons. The number of aryl methyl sites for hydroxylation is 6. The van der Waals surface area contributed by atoms with E-state index in [4.69, 9.17) is 0 Å². The molecule has 1 heteroatoms. The van der Waals surface area contributed by atoms with Crippen LogP contribution in [0.15, 0.2) is 170 Å². The molecule has 1 aliphatic rings. The van der Waals surface area contributed by atoms with Gasteiger partial charge in [0, 0.05) is 11.4 Å². The van der Waals surface area contributed by atoms with Gasteiger partial charge in [-0.25, -0.2) is 0 Å². The fraction of sp³-hybridized carbons (Fsp3) is 0.123. The first-order chi connectivity index (χ1) is 28.2. The summed E-state index contributed by atoms with van der Waals surface area (Å²) in [7, 11) is 0. The van der Waals surface area contributed by atoms with Crippen LogP contribution in [-0.4, -0.2) is 0 Å². The Morgan fingerprint density at radius 2 is 0.759 bits per heavy atom. The molecule has 280 valence electrons. The van der Waals surface area contributed by atoms with Crippen molar-refractivity contribution in [3.63, 3.8) is 0 Å². The first-order valence-electron chi connectivity index (χ1n) is 20.5. The molecule has 0 aliphatic heterocycles. The molecule has 0 unspecified atom stereocenters. The van der Waals surface area contributed by atoms with E-state index < -0.39 is 5.41 Å². The van der Waals surface area contributed by atoms with Crippen LogP contribution in [0.2, 0.25) is 0 Å². The monoisotopic (exact) mass is 745 g/mol. The number of anilines is 2. The SMILES string of the molecule is Cc1cc(C)c(C2(c3c(C)cc(C)cc3C)c3ccccc3-c3ccc(Nc4ccc(-c5ccc6cc(-c7ccc8ccccc8c7)ccc6c5)cc4)cc32)c(C)c1. The average molecular weight is 746 g/mol. The second kappa shape index (κ2) is 13.7. The van der Waals surface area contributed by atoms with E-state index in [0.29, 0.717) is 0 Å². The minimum atomic E-state index is -0.469. The molecule has 0 saturated heterocycles. The van der Waals surface area contributed by atoms with Crippen molar-refractivity contribution >= 4 is 32.9 Å². The van der Waals surface area contributed by atoms with Crippen LogP contribution in [0, 0.1) is 41.5 Å². The summed E-state index contributed by atoms with van der Waals surface area (Å²) in [6, 6.07) is 63.4. The molecule has 1 aliphatic carbocycles. The lowest BCUT2D eigenvalue weighted by molar-refractivity contribution is 0.739. The van der Waals surface area contributed by atoms with Crippen molar-refractivity contribution in [2.75, 3.05) is 5.32 Å². The standard InChI is InChI=1S/C57H47N/c1-35-27-37(3)55(38(4)28-35)57(56-39(5)29-36(2)30-40(56)6)53-14-10-9-13-51(53)52-26-25-50(34-54(52)57)58-49-23-21-42(22-24-49)44-17-18-47-33-48(20-19-46(47)32-44)45-16-15-41-11-7-8-12-43(41)31-45/h7-34,58H,1-6H3. The van der Waals surface area contributed by atoms with E-state index in [-0.39, 0.29) is 0 Å². The Bertz CT molecular complexity index is 2990. The third-order valence-electron chi connectivity index (χ3n) is 12.6. The van der Waals surface area contributed by atoms with E-state index in [0.717, 1.165) is 11.4 Å². The smallest absolute Gasteiger partial charge is 0.0724 e. The van der Waals surface area contributed by atoms with Crippen LogP contribution in [-0.2, 0) is 5.41 Å². The zero-order chi connectivity index (χ0) is 39.7. The number of benzene rings is 9. The van der Waals surface area contributed by atoms with Crippen molar-refractivity contribution in [1.82, 2.24) is 0 Å². The molecule has 0 spiro atoms. The van der Waals surface area contributed by atoms with Gasteiger partial charge in [0.25, 0.3) is 0 Å². The molecule has 58 heavy (non-hydrogen) atoms. The fourth-order valence-electron chi connectivity index (χ4n) is 10.5. The molecule has 9 aromatic rings. The van der Waals surface area contributed by atoms with Crippen LogP contribution in [0.25, 0.3) is 54.9 Å². The molecule has 1 N–H and O–H groups in total. The summed E-state index contributed by atoms with van der Waals surface area (Å²) in [6.07, 6.45) is 0. The van der Waals surface area contributed by atoms with E-state index >= 15 is 0 Å². The summed E-state index contributed by atoms with van der Waals surface area (Å²) in [6.45, 7) is 13.6. The van der Waals surface area contributed by atoms with Gasteiger partial charge in [-0.05, 0) is 183 Å². The quantitative estimate of drug-likeness (QED) is 0.179. The molecule has 0 amide bonds. The van der Waals surface area contributed by atoms with Crippen molar-refractivity contribution in [3.05, 3.63) is 225 Å². The number of fused-ring (bicyclic) bond motifs is 5. The molecule has 1 nitrogen and oxygen atoms in total. The van der Waals surface area contributed by atoms with Gasteiger partial charge in [-0.1, -0.05) is 139 Å². The zero-order valence-electron chi connectivity index (χ0n) is 34.2. The lowest BCUT2D eigenvalue weighted by Crippen LogP contribution is -2.32. The molecule has 0 aromatic heterocycles. The maximum absolute atomic E-state index is 3.82. The van der Waals surface area contributed by atoms with Gasteiger partial charge in [0.2, 0.25) is 0 Å². The first kappa shape index (κ1) is 35.7. The third kappa shape index (κ3) is 5.76. The average Bonchev–Trinajstić information content (AvgIpc) is 3.49. The fourth-order valence-corrected chi connectivity index (χ4v) is 10.5. The molecule has 9 aromatic carbocycles. The van der Waals surface area contributed by atoms with Crippen LogP contribution in [0.5, 0.6) is 0 Å². The van der Waals surface area contributed by atoms with Crippen molar-refractivity contribution in [2.24, 2.45) is 0 Å². The van der Waals surface area contributed by atoms with Gasteiger partial charge in [-0.2, -0.15) is 0 Å². The van der Waals surface area contributed by atoms with Crippen molar-refractivity contribution in [1.29, 1.82) is 0 Å². The summed E-state index contributed by atoms with van der Waals surface area (Å²) in [4.78, 5) is 0. The largest absolute Gasteiger partial charge is 0.356 e. The second-order valence-corrected chi connectivity index (χ2v) is 16.6. The topological polar surface area (TPSA) is 12.0 Å². The van der Waals surface area contributed by atoms with Crippen molar-refractivity contribution in [2.45, 2.75) is 47.0 Å². The summed E-state index contributed by atoms with van der Waals surface area (Å²) < 4.78 is 0. The number of hydrogen-bond acceptors (Lipinski definition) is 1. The Hall–Kier alpha value is -6.70. The minimum absolute atomic E-state index is 0.469. The molecular formula is C57H47N. The molecule has 0 fully saturated rings. The predicted molar refractivity (Wildman–Crippen MR) is 248 cm³/mol. The van der Waals surface area contributed by atoms with E-state index in [1.165, 1.54) is 111 Å². The third-order valence-corrected chi connectivity index (χ3v) is 12.6. The van der Waals surface area contributed by atoms with Gasteiger partial charge >= 0.3 is 0 Å². The first-order valence-corrected chi connectivity index (χ1v) is 20.5. The van der Waals surface area contributed by atoms with Crippen LogP contribution in [0.4, 0.5) is 11.4 Å². The lowest BCUT2D eigenvalue weighted by atomic mass is 9.63. The number of nitrogens with one attached hydrogen (secondary N) is 1. The molecule has 10 rings (SSSR count). The highest BCUT2D eigenvalue weighted by Crippen LogP contribution is 2.59. The maximum atomic E-state index is 3.82. The summed E-state index contributed by atoms with van der Waals surface area (Å²) >= 11 is 0. The Kier molecular flexibility index (Phi) is 8.46. The normalized spacial score (nSPS) is 12.8. The summed E-state index contributed by atoms with van der Waals surface area (Å²) in [5.74, 6) is 0. The highest BCUT2D eigenvalue weighted by atomic mass is 14.9. The van der Waals surface area contributed by atoms with Gasteiger partial charge in [0.05, 0.1) is 5.41 Å². The van der Waals surface area contributed by atoms with Crippen LogP contribution < -0.4 is 5.32 Å². The maximum Gasteiger partial charge on any atom is 0.0724 e. The summed E-state index contributed by atoms with van der Waals surface area (Å²) in [5, 5.41) is 8.84. The van der Waals surface area contributed by atoms with Crippen molar-refractivity contribution < 1.29 is 0 Å². The van der Waals surface area contributed by atoms with Gasteiger partial charge in [-0.3, -0.25) is 0 Å². The molecule has 0 saturated carbocycles. The van der Waals surface area contributed by atoms with Gasteiger partial charge in [-0.15, -0.1) is 0 Å². The van der Waals surface area contributed by atoms with Crippen molar-refractivity contribution in [3.8, 4) is 33.4 Å². The lowest BCUT2D eigenvalue weighted by Gasteiger charge is -2.39. The van der Waals surface area contributed by atoms with E-state index in [9.17, 15) is 0 Å². The molecule has 0 atom stereocenters. The van der Waals surface area contributed by atoms with Gasteiger partial charge < -0.3 is 5.32 Å². The zero-order valence-corrected chi connectivity index (χ0v) is 34.2. The predicted octanol–water partition coefficient (Wildman–Crippen LogP) is 15.3. The Balaban J connectivity index is 1.01. The van der Waals surface area contributed by atoms with E-state index in [1.54, 1.807) is 0 Å². The van der Waals surface area contributed by atoms with Crippen LogP contribution in [0.1, 0.15) is 55.6 Å². The van der Waals surface area contributed by atoms with E-state index in [2.05, 4.69) is 217 Å². The van der Waals surface area contributed by atoms with E-state index in [1.807, 2.05) is 0 Å². The number of hydrogen-bond donors (Lipinski definition) is 1. The molecule has 0 bridgehead atoms. The Morgan fingerprint density at radius 1 is 0.328 bits per heavy atom. The van der Waals surface area contributed by atoms with Crippen LogP contribution >= 0.6 is 0 Å². The summed E-state index contributed by atoms with van der Waals surface area (Å²) in [5.41, 5.74) is 22.6. The van der Waals surface area contributed by atoms with Gasteiger partial charge in [0.15, 0.2) is 0 Å². The minimum Gasteiger partial charge on any atom is -0.356 e. The Morgan fingerprint density at radius 3 is 1.34 bits per heavy atom. The van der Waals surface area contributed by atoms with Crippen LogP contribution in [0.3, 0.4) is 0 Å². The second-order valence-electron chi connectivity index (χ2n) is 16.6.